The SMILES string of the molecule is CCOC(=O)[C@@H]1C[C@@H](Oc2nccc3ccc(CCCC(C)(C)CO)cc23)CN1C(=O)[C@@H](N)C1CCCC1. The van der Waals surface area contributed by atoms with Crippen LogP contribution in [0.4, 0.5) is 0 Å². The second-order valence-corrected chi connectivity index (χ2v) is 11.7. The molecular weight excluding hydrogens is 482 g/mol. The molecule has 0 unspecified atom stereocenters. The minimum absolute atomic E-state index is 0.0891. The molecule has 8 nitrogen and oxygen atoms in total. The van der Waals surface area contributed by atoms with E-state index in [9.17, 15) is 14.7 Å². The zero-order valence-electron chi connectivity index (χ0n) is 23.0. The van der Waals surface area contributed by atoms with Crippen molar-refractivity contribution < 1.29 is 24.2 Å². The van der Waals surface area contributed by atoms with Crippen LogP contribution in [0.2, 0.25) is 0 Å². The number of nitrogens with zero attached hydrogens (tertiary/aromatic N) is 2. The first-order chi connectivity index (χ1) is 18.2. The number of ether oxygens (including phenoxy) is 2. The molecule has 38 heavy (non-hydrogen) atoms. The average Bonchev–Trinajstić information content (AvgIpc) is 3.59. The zero-order valence-corrected chi connectivity index (χ0v) is 23.0. The molecule has 1 aromatic heterocycles. The largest absolute Gasteiger partial charge is 0.472 e. The van der Waals surface area contributed by atoms with E-state index in [0.29, 0.717) is 12.3 Å². The van der Waals surface area contributed by atoms with Crippen LogP contribution in [0.25, 0.3) is 10.8 Å². The van der Waals surface area contributed by atoms with Gasteiger partial charge in [0.2, 0.25) is 11.8 Å². The summed E-state index contributed by atoms with van der Waals surface area (Å²) < 4.78 is 11.7. The highest BCUT2D eigenvalue weighted by Crippen LogP contribution is 2.32. The molecule has 1 saturated heterocycles. The Morgan fingerprint density at radius 2 is 2.00 bits per heavy atom. The minimum atomic E-state index is -0.708. The van der Waals surface area contributed by atoms with Crippen molar-refractivity contribution in [2.75, 3.05) is 19.8 Å². The molecule has 2 aliphatic rings. The van der Waals surface area contributed by atoms with Gasteiger partial charge in [-0.25, -0.2) is 9.78 Å². The van der Waals surface area contributed by atoms with Gasteiger partial charge in [0.1, 0.15) is 12.1 Å². The molecular formula is C30H43N3O5. The van der Waals surface area contributed by atoms with Gasteiger partial charge in [0, 0.05) is 24.6 Å². The zero-order chi connectivity index (χ0) is 27.3. The van der Waals surface area contributed by atoms with Gasteiger partial charge in [0.15, 0.2) is 0 Å². The Labute approximate surface area is 225 Å². The number of esters is 1. The first-order valence-electron chi connectivity index (χ1n) is 14.1. The molecule has 0 spiro atoms. The summed E-state index contributed by atoms with van der Waals surface area (Å²) >= 11 is 0. The van der Waals surface area contributed by atoms with Crippen molar-refractivity contribution in [2.24, 2.45) is 17.1 Å². The van der Waals surface area contributed by atoms with Crippen molar-refractivity contribution in [3.63, 3.8) is 0 Å². The standard InChI is InChI=1S/C30H43N3O5/c1-4-37-29(36)25-17-23(18-33(25)28(35)26(31)22-9-5-6-10-22)38-27-24-16-20(8-7-14-30(2,3)19-34)11-12-21(24)13-15-32-27/h11-13,15-16,22-23,25-26,34H,4-10,14,17-19,31H2,1-3H3/t23-,25+,26+/m1/s1. The van der Waals surface area contributed by atoms with E-state index in [1.54, 1.807) is 18.0 Å². The smallest absolute Gasteiger partial charge is 0.328 e. The first-order valence-corrected chi connectivity index (χ1v) is 14.1. The highest BCUT2D eigenvalue weighted by molar-refractivity contribution is 5.89. The third-order valence-electron chi connectivity index (χ3n) is 8.12. The number of rotatable bonds is 11. The van der Waals surface area contributed by atoms with Gasteiger partial charge in [-0.15, -0.1) is 0 Å². The van der Waals surface area contributed by atoms with Crippen LogP contribution in [0.5, 0.6) is 5.88 Å². The van der Waals surface area contributed by atoms with Gasteiger partial charge < -0.3 is 25.2 Å². The maximum Gasteiger partial charge on any atom is 0.328 e. The lowest BCUT2D eigenvalue weighted by atomic mass is 9.87. The maximum atomic E-state index is 13.4. The fourth-order valence-electron chi connectivity index (χ4n) is 5.74. The molecule has 1 aliphatic carbocycles. The van der Waals surface area contributed by atoms with Crippen LogP contribution in [0.1, 0.15) is 71.3 Å². The number of hydrogen-bond donors (Lipinski definition) is 2. The van der Waals surface area contributed by atoms with E-state index < -0.39 is 24.2 Å². The molecule has 0 bridgehead atoms. The summed E-state index contributed by atoms with van der Waals surface area (Å²) in [6.45, 7) is 6.61. The second-order valence-electron chi connectivity index (χ2n) is 11.7. The van der Waals surface area contributed by atoms with Gasteiger partial charge in [0.25, 0.3) is 0 Å². The number of carbonyl (C=O) groups is 2. The molecule has 2 fully saturated rings. The fraction of sp³-hybridized carbons (Fsp3) is 0.633. The van der Waals surface area contributed by atoms with Gasteiger partial charge in [-0.2, -0.15) is 0 Å². The number of carbonyl (C=O) groups excluding carboxylic acids is 2. The molecule has 2 aromatic rings. The lowest BCUT2D eigenvalue weighted by Gasteiger charge is -2.28. The average molecular weight is 526 g/mol. The van der Waals surface area contributed by atoms with Crippen molar-refractivity contribution in [3.05, 3.63) is 36.0 Å². The number of amides is 1. The summed E-state index contributed by atoms with van der Waals surface area (Å²) in [5.41, 5.74) is 7.48. The molecule has 208 valence electrons. The number of benzene rings is 1. The second kappa shape index (κ2) is 12.4. The van der Waals surface area contributed by atoms with Crippen molar-refractivity contribution in [2.45, 2.75) is 90.3 Å². The Balaban J connectivity index is 1.50. The van der Waals surface area contributed by atoms with Gasteiger partial charge in [-0.3, -0.25) is 4.79 Å². The summed E-state index contributed by atoms with van der Waals surface area (Å²) in [4.78, 5) is 32.3. The molecule has 1 amide bonds. The number of aliphatic hydroxyl groups is 1. The number of pyridine rings is 1. The summed E-state index contributed by atoms with van der Waals surface area (Å²) in [7, 11) is 0. The molecule has 4 rings (SSSR count). The Bertz CT molecular complexity index is 1110. The van der Waals surface area contributed by atoms with Crippen molar-refractivity contribution in [1.29, 1.82) is 0 Å². The summed E-state index contributed by atoms with van der Waals surface area (Å²) in [6, 6.07) is 6.94. The highest BCUT2D eigenvalue weighted by Gasteiger charge is 2.44. The quantitative estimate of drug-likeness (QED) is 0.426. The number of likely N-dealkylation sites (tertiary alicyclic amines) is 1. The van der Waals surface area contributed by atoms with Gasteiger partial charge in [0.05, 0.1) is 19.2 Å². The van der Waals surface area contributed by atoms with Gasteiger partial charge >= 0.3 is 5.97 Å². The first kappa shape index (κ1) is 28.3. The molecule has 8 heteroatoms. The Morgan fingerprint density at radius 3 is 2.71 bits per heavy atom. The summed E-state index contributed by atoms with van der Waals surface area (Å²) in [5, 5.41) is 11.5. The van der Waals surface area contributed by atoms with Crippen LogP contribution in [-0.4, -0.2) is 64.8 Å². The molecule has 3 atom stereocenters. The van der Waals surface area contributed by atoms with Crippen LogP contribution in [-0.2, 0) is 20.7 Å². The lowest BCUT2D eigenvalue weighted by molar-refractivity contribution is -0.153. The van der Waals surface area contributed by atoms with Crippen molar-refractivity contribution in [3.8, 4) is 5.88 Å². The van der Waals surface area contributed by atoms with E-state index in [1.165, 1.54) is 5.56 Å². The van der Waals surface area contributed by atoms with Crippen LogP contribution >= 0.6 is 0 Å². The number of aliphatic hydroxyl groups excluding tert-OH is 1. The normalized spacial score (nSPS) is 21.1. The monoisotopic (exact) mass is 525 g/mol. The van der Waals surface area contributed by atoms with E-state index in [1.807, 2.05) is 6.07 Å². The Hall–Kier alpha value is -2.71. The molecule has 0 radical (unpaired) electrons. The minimum Gasteiger partial charge on any atom is -0.472 e. The molecule has 2 heterocycles. The summed E-state index contributed by atoms with van der Waals surface area (Å²) in [6.07, 6.45) is 8.54. The maximum absolute atomic E-state index is 13.4. The predicted molar refractivity (Wildman–Crippen MR) is 147 cm³/mol. The molecule has 3 N–H and O–H groups in total. The van der Waals surface area contributed by atoms with Crippen LogP contribution < -0.4 is 10.5 Å². The van der Waals surface area contributed by atoms with Crippen molar-refractivity contribution in [1.82, 2.24) is 9.88 Å². The van der Waals surface area contributed by atoms with E-state index in [2.05, 4.69) is 37.0 Å². The number of nitrogens with two attached hydrogens (primary N) is 1. The number of hydrogen-bond acceptors (Lipinski definition) is 7. The van der Waals surface area contributed by atoms with E-state index in [-0.39, 0.29) is 37.0 Å². The third-order valence-corrected chi connectivity index (χ3v) is 8.12. The van der Waals surface area contributed by atoms with Gasteiger partial charge in [-0.1, -0.05) is 38.8 Å². The predicted octanol–water partition coefficient (Wildman–Crippen LogP) is 4.00. The number of aryl methyl sites for hydroxylation is 1. The van der Waals surface area contributed by atoms with E-state index in [0.717, 1.165) is 55.7 Å². The van der Waals surface area contributed by atoms with Gasteiger partial charge in [-0.05, 0) is 73.4 Å². The molecule has 1 saturated carbocycles. The highest BCUT2D eigenvalue weighted by atomic mass is 16.5. The Kier molecular flexibility index (Phi) is 9.26. The Morgan fingerprint density at radius 1 is 1.24 bits per heavy atom. The number of aromatic nitrogens is 1. The number of fused-ring (bicyclic) bond motifs is 1. The fourth-order valence-corrected chi connectivity index (χ4v) is 5.74. The van der Waals surface area contributed by atoms with Crippen LogP contribution in [0, 0.1) is 11.3 Å². The van der Waals surface area contributed by atoms with Crippen LogP contribution in [0.15, 0.2) is 30.5 Å². The van der Waals surface area contributed by atoms with E-state index in [4.69, 9.17) is 15.2 Å². The third kappa shape index (κ3) is 6.64. The van der Waals surface area contributed by atoms with Crippen molar-refractivity contribution >= 4 is 22.6 Å². The van der Waals surface area contributed by atoms with Crippen LogP contribution in [0.3, 0.4) is 0 Å². The summed E-state index contributed by atoms with van der Waals surface area (Å²) in [5.74, 6) is 0.0537. The molecule has 1 aliphatic heterocycles. The molecule has 1 aromatic carbocycles. The van der Waals surface area contributed by atoms with E-state index >= 15 is 0 Å². The lowest BCUT2D eigenvalue weighted by Crippen LogP contribution is -2.51. The topological polar surface area (TPSA) is 115 Å².